The van der Waals surface area contributed by atoms with Crippen molar-refractivity contribution in [3.05, 3.63) is 65.2 Å². The summed E-state index contributed by atoms with van der Waals surface area (Å²) in [5.41, 5.74) is 6.69. The van der Waals surface area contributed by atoms with Gasteiger partial charge in [0.25, 0.3) is 11.8 Å². The first-order valence-electron chi connectivity index (χ1n) is 7.18. The minimum absolute atomic E-state index is 0.0934. The maximum Gasteiger partial charge on any atom is 0.254 e. The number of para-hydroxylation sites is 1. The van der Waals surface area contributed by atoms with Crippen LogP contribution in [-0.2, 0) is 0 Å². The van der Waals surface area contributed by atoms with E-state index in [2.05, 4.69) is 5.32 Å². The van der Waals surface area contributed by atoms with Crippen LogP contribution < -0.4 is 15.8 Å². The minimum atomic E-state index is -1.98. The van der Waals surface area contributed by atoms with E-state index in [0.717, 1.165) is 5.56 Å². The molecule has 2 aromatic carbocycles. The lowest BCUT2D eigenvalue weighted by molar-refractivity contribution is 0.0830. The molecule has 5 nitrogen and oxygen atoms in total. The van der Waals surface area contributed by atoms with Gasteiger partial charge in [-0.1, -0.05) is 64.6 Å². The van der Waals surface area contributed by atoms with Gasteiger partial charge in [0, 0.05) is 5.56 Å². The summed E-state index contributed by atoms with van der Waals surface area (Å²) in [5.74, 6) is -1.10. The van der Waals surface area contributed by atoms with Crippen LogP contribution >= 0.6 is 34.8 Å². The summed E-state index contributed by atoms with van der Waals surface area (Å²) in [7, 11) is 0. The molecule has 0 unspecified atom stereocenters. The highest BCUT2D eigenvalue weighted by molar-refractivity contribution is 6.68. The highest BCUT2D eigenvalue weighted by Crippen LogP contribution is 2.33. The molecule has 0 aromatic heterocycles. The van der Waals surface area contributed by atoms with E-state index < -0.39 is 21.8 Å². The lowest BCUT2D eigenvalue weighted by Crippen LogP contribution is -2.48. The molecule has 0 saturated carbocycles. The van der Waals surface area contributed by atoms with Crippen molar-refractivity contribution < 1.29 is 14.3 Å². The van der Waals surface area contributed by atoms with E-state index in [-0.39, 0.29) is 11.3 Å². The Morgan fingerprint density at radius 1 is 1.12 bits per heavy atom. The third kappa shape index (κ3) is 5.26. The predicted octanol–water partition coefficient (Wildman–Crippen LogP) is 3.60. The average Bonchev–Trinajstić information content (AvgIpc) is 2.53. The number of carbonyl (C=O) groups excluding carboxylic acids is 2. The van der Waals surface area contributed by atoms with Crippen molar-refractivity contribution in [1.29, 1.82) is 0 Å². The Balaban J connectivity index is 2.26. The van der Waals surface area contributed by atoms with Crippen LogP contribution in [0.25, 0.3) is 0 Å². The molecule has 0 aliphatic rings. The highest BCUT2D eigenvalue weighted by atomic mass is 35.6. The second-order valence-electron chi connectivity index (χ2n) is 5.24. The monoisotopic (exact) mass is 400 g/mol. The number of hydrogen-bond donors (Lipinski definition) is 2. The largest absolute Gasteiger partial charge is 0.465 e. The van der Waals surface area contributed by atoms with Crippen LogP contribution in [0.1, 0.15) is 26.3 Å². The molecule has 0 spiro atoms. The molecule has 0 saturated heterocycles. The zero-order chi connectivity index (χ0) is 18.6. The van der Waals surface area contributed by atoms with E-state index in [9.17, 15) is 9.59 Å². The molecule has 8 heteroatoms. The maximum absolute atomic E-state index is 12.4. The number of nitrogens with one attached hydrogen (secondary N) is 1. The van der Waals surface area contributed by atoms with Gasteiger partial charge >= 0.3 is 0 Å². The number of halogens is 3. The van der Waals surface area contributed by atoms with Gasteiger partial charge in [0.15, 0.2) is 0 Å². The van der Waals surface area contributed by atoms with E-state index in [0.29, 0.717) is 5.56 Å². The fourth-order valence-corrected chi connectivity index (χ4v) is 2.36. The van der Waals surface area contributed by atoms with Crippen molar-refractivity contribution in [1.82, 2.24) is 5.32 Å². The third-order valence-corrected chi connectivity index (χ3v) is 3.83. The molecule has 1 atom stereocenters. The third-order valence-electron chi connectivity index (χ3n) is 3.24. The molecule has 0 heterocycles. The first-order valence-corrected chi connectivity index (χ1v) is 8.31. The lowest BCUT2D eigenvalue weighted by Gasteiger charge is -2.27. The van der Waals surface area contributed by atoms with Crippen LogP contribution in [0.15, 0.2) is 48.5 Å². The second-order valence-corrected chi connectivity index (χ2v) is 7.61. The van der Waals surface area contributed by atoms with Gasteiger partial charge in [-0.05, 0) is 31.2 Å². The van der Waals surface area contributed by atoms with Gasteiger partial charge in [0.1, 0.15) is 5.75 Å². The molecule has 3 N–H and O–H groups in total. The first kappa shape index (κ1) is 19.4. The van der Waals surface area contributed by atoms with E-state index >= 15 is 0 Å². The zero-order valence-corrected chi connectivity index (χ0v) is 15.4. The van der Waals surface area contributed by atoms with Gasteiger partial charge in [-0.15, -0.1) is 0 Å². The summed E-state index contributed by atoms with van der Waals surface area (Å²) in [6.45, 7) is 1.85. The van der Waals surface area contributed by atoms with Gasteiger partial charge in [0.05, 0.1) is 5.56 Å². The topological polar surface area (TPSA) is 81.4 Å². The number of primary amides is 1. The normalized spacial score (nSPS) is 12.3. The van der Waals surface area contributed by atoms with E-state index in [4.69, 9.17) is 45.3 Å². The van der Waals surface area contributed by atoms with Gasteiger partial charge in [-0.2, -0.15) is 0 Å². The standard InChI is InChI=1S/C17H15Cl3N2O3/c1-10-5-4-6-11(9-10)15(24)22-16(17(18,19)20)25-13-8-3-2-7-12(13)14(21)23/h2-9,16H,1H3,(H2,21,23)(H,22,24)/t16-/m0/s1. The smallest absolute Gasteiger partial charge is 0.254 e. The van der Waals surface area contributed by atoms with Crippen LogP contribution in [0.5, 0.6) is 5.75 Å². The van der Waals surface area contributed by atoms with Gasteiger partial charge in [-0.25, -0.2) is 0 Å². The number of amides is 2. The maximum atomic E-state index is 12.4. The molecule has 0 aliphatic carbocycles. The highest BCUT2D eigenvalue weighted by Gasteiger charge is 2.37. The van der Waals surface area contributed by atoms with Crippen LogP contribution in [0, 0.1) is 6.92 Å². The van der Waals surface area contributed by atoms with Crippen molar-refractivity contribution in [2.75, 3.05) is 0 Å². The van der Waals surface area contributed by atoms with Crippen molar-refractivity contribution >= 4 is 46.6 Å². The molecular formula is C17H15Cl3N2O3. The summed E-state index contributed by atoms with van der Waals surface area (Å²) in [4.78, 5) is 23.9. The number of rotatable bonds is 5. The fourth-order valence-electron chi connectivity index (χ4n) is 2.07. The Morgan fingerprint density at radius 3 is 2.40 bits per heavy atom. The summed E-state index contributed by atoms with van der Waals surface area (Å²) in [5, 5.41) is 2.51. The number of aryl methyl sites for hydroxylation is 1. The van der Waals surface area contributed by atoms with Gasteiger partial charge in [-0.3, -0.25) is 9.59 Å². The fraction of sp³-hybridized carbons (Fsp3) is 0.176. The van der Waals surface area contributed by atoms with Crippen LogP contribution in [0.3, 0.4) is 0 Å². The van der Waals surface area contributed by atoms with Crippen LogP contribution in [0.2, 0.25) is 0 Å². The molecule has 0 radical (unpaired) electrons. The molecule has 0 aliphatic heterocycles. The Labute approximate surface area is 160 Å². The number of benzene rings is 2. The quantitative estimate of drug-likeness (QED) is 0.593. The Bertz CT molecular complexity index is 791. The van der Waals surface area contributed by atoms with Gasteiger partial charge in [0.2, 0.25) is 10.0 Å². The molecular weight excluding hydrogens is 387 g/mol. The second kappa shape index (κ2) is 7.95. The summed E-state index contributed by atoms with van der Waals surface area (Å²) in [6, 6.07) is 13.1. The zero-order valence-electron chi connectivity index (χ0n) is 13.1. The minimum Gasteiger partial charge on any atom is -0.465 e. The SMILES string of the molecule is Cc1cccc(C(=O)N[C@@H](Oc2ccccc2C(N)=O)C(Cl)(Cl)Cl)c1. The van der Waals surface area contributed by atoms with Crippen molar-refractivity contribution in [2.24, 2.45) is 5.73 Å². The van der Waals surface area contributed by atoms with Crippen molar-refractivity contribution in [3.8, 4) is 5.75 Å². The molecule has 2 aromatic rings. The van der Waals surface area contributed by atoms with E-state index in [1.165, 1.54) is 12.1 Å². The Kier molecular flexibility index (Phi) is 6.16. The number of ether oxygens (including phenoxy) is 1. The average molecular weight is 402 g/mol. The van der Waals surface area contributed by atoms with E-state index in [1.807, 2.05) is 13.0 Å². The first-order chi connectivity index (χ1) is 11.7. The van der Waals surface area contributed by atoms with Crippen molar-refractivity contribution in [3.63, 3.8) is 0 Å². The molecule has 132 valence electrons. The molecule has 0 fully saturated rings. The molecule has 25 heavy (non-hydrogen) atoms. The number of carbonyl (C=O) groups is 2. The Hall–Kier alpha value is -1.95. The van der Waals surface area contributed by atoms with Crippen LogP contribution in [-0.4, -0.2) is 21.8 Å². The molecule has 0 bridgehead atoms. The summed E-state index contributed by atoms with van der Waals surface area (Å²) in [6.07, 6.45) is -1.34. The lowest BCUT2D eigenvalue weighted by atomic mass is 10.1. The number of hydrogen-bond acceptors (Lipinski definition) is 3. The number of alkyl halides is 3. The Morgan fingerprint density at radius 2 is 1.80 bits per heavy atom. The summed E-state index contributed by atoms with van der Waals surface area (Å²) < 4.78 is 3.58. The number of nitrogens with two attached hydrogens (primary N) is 1. The molecule has 2 rings (SSSR count). The predicted molar refractivity (Wildman–Crippen MR) is 98.3 cm³/mol. The molecule has 2 amide bonds. The summed E-state index contributed by atoms with van der Waals surface area (Å²) >= 11 is 17.8. The van der Waals surface area contributed by atoms with E-state index in [1.54, 1.807) is 30.3 Å². The van der Waals surface area contributed by atoms with Crippen molar-refractivity contribution in [2.45, 2.75) is 16.9 Å². The van der Waals surface area contributed by atoms with Crippen LogP contribution in [0.4, 0.5) is 0 Å². The van der Waals surface area contributed by atoms with Gasteiger partial charge < -0.3 is 15.8 Å².